The van der Waals surface area contributed by atoms with Gasteiger partial charge in [0.15, 0.2) is 0 Å². The van der Waals surface area contributed by atoms with Crippen LogP contribution in [-0.4, -0.2) is 10.5 Å². The van der Waals surface area contributed by atoms with Gasteiger partial charge >= 0.3 is 0 Å². The van der Waals surface area contributed by atoms with E-state index in [0.717, 1.165) is 6.42 Å². The molecule has 0 spiro atoms. The Morgan fingerprint density at radius 3 is 2.62 bits per heavy atom. The minimum Gasteiger partial charge on any atom is -0.325 e. The SMILES string of the molecule is NC1(CCCc2ccncc2)CC1. The number of hydrogen-bond donors (Lipinski definition) is 1. The van der Waals surface area contributed by atoms with E-state index in [-0.39, 0.29) is 5.54 Å². The number of aromatic nitrogens is 1. The Kier molecular flexibility index (Phi) is 2.32. The van der Waals surface area contributed by atoms with Crippen molar-refractivity contribution >= 4 is 0 Å². The summed E-state index contributed by atoms with van der Waals surface area (Å²) in [5.41, 5.74) is 7.59. The van der Waals surface area contributed by atoms with Gasteiger partial charge in [0.05, 0.1) is 0 Å². The van der Waals surface area contributed by atoms with E-state index in [1.165, 1.54) is 31.2 Å². The van der Waals surface area contributed by atoms with Gasteiger partial charge < -0.3 is 5.73 Å². The fraction of sp³-hybridized carbons (Fsp3) is 0.545. The summed E-state index contributed by atoms with van der Waals surface area (Å²) >= 11 is 0. The van der Waals surface area contributed by atoms with Crippen molar-refractivity contribution < 1.29 is 0 Å². The smallest absolute Gasteiger partial charge is 0.0270 e. The van der Waals surface area contributed by atoms with Crippen LogP contribution in [0.3, 0.4) is 0 Å². The van der Waals surface area contributed by atoms with Crippen molar-refractivity contribution in [2.45, 2.75) is 37.6 Å². The van der Waals surface area contributed by atoms with E-state index in [9.17, 15) is 0 Å². The number of nitrogens with zero attached hydrogens (tertiary/aromatic N) is 1. The minimum atomic E-state index is 0.215. The van der Waals surface area contributed by atoms with E-state index in [4.69, 9.17) is 5.73 Å². The third-order valence-corrected chi connectivity index (χ3v) is 2.78. The highest BCUT2D eigenvalue weighted by Crippen LogP contribution is 2.36. The van der Waals surface area contributed by atoms with Crippen molar-refractivity contribution in [3.63, 3.8) is 0 Å². The average molecular weight is 176 g/mol. The van der Waals surface area contributed by atoms with Gasteiger partial charge in [-0.05, 0) is 49.8 Å². The molecule has 0 bridgehead atoms. The molecule has 1 saturated carbocycles. The molecule has 2 N–H and O–H groups in total. The summed E-state index contributed by atoms with van der Waals surface area (Å²) in [6.07, 6.45) is 9.68. The van der Waals surface area contributed by atoms with Crippen LogP contribution in [0.25, 0.3) is 0 Å². The third kappa shape index (κ3) is 2.52. The normalized spacial score (nSPS) is 18.5. The van der Waals surface area contributed by atoms with Crippen LogP contribution in [0.15, 0.2) is 24.5 Å². The summed E-state index contributed by atoms with van der Waals surface area (Å²) in [6.45, 7) is 0. The van der Waals surface area contributed by atoms with Gasteiger partial charge in [-0.15, -0.1) is 0 Å². The van der Waals surface area contributed by atoms with Crippen molar-refractivity contribution in [2.24, 2.45) is 5.73 Å². The first-order valence-electron chi connectivity index (χ1n) is 4.96. The summed E-state index contributed by atoms with van der Waals surface area (Å²) in [5, 5.41) is 0. The van der Waals surface area contributed by atoms with Gasteiger partial charge in [-0.25, -0.2) is 0 Å². The highest BCUT2D eigenvalue weighted by molar-refractivity contribution is 5.10. The minimum absolute atomic E-state index is 0.215. The highest BCUT2D eigenvalue weighted by Gasteiger charge is 2.36. The molecule has 0 aromatic carbocycles. The number of pyridine rings is 1. The fourth-order valence-electron chi connectivity index (χ4n) is 1.60. The Morgan fingerprint density at radius 1 is 1.31 bits per heavy atom. The molecule has 13 heavy (non-hydrogen) atoms. The lowest BCUT2D eigenvalue weighted by atomic mass is 10.1. The second-order valence-electron chi connectivity index (χ2n) is 4.07. The van der Waals surface area contributed by atoms with Crippen LogP contribution in [0.4, 0.5) is 0 Å². The van der Waals surface area contributed by atoms with Gasteiger partial charge in [0.2, 0.25) is 0 Å². The second kappa shape index (κ2) is 3.46. The van der Waals surface area contributed by atoms with Crippen molar-refractivity contribution in [3.05, 3.63) is 30.1 Å². The summed E-state index contributed by atoms with van der Waals surface area (Å²) in [4.78, 5) is 3.99. The highest BCUT2D eigenvalue weighted by atomic mass is 14.8. The van der Waals surface area contributed by atoms with Crippen molar-refractivity contribution in [1.82, 2.24) is 4.98 Å². The molecule has 2 heteroatoms. The van der Waals surface area contributed by atoms with Crippen LogP contribution in [0.5, 0.6) is 0 Å². The molecule has 70 valence electrons. The van der Waals surface area contributed by atoms with Gasteiger partial charge in [-0.2, -0.15) is 0 Å². The Morgan fingerprint density at radius 2 is 2.00 bits per heavy atom. The molecule has 0 saturated heterocycles. The molecule has 0 unspecified atom stereocenters. The Balaban J connectivity index is 1.74. The molecule has 1 aliphatic carbocycles. The molecule has 1 aliphatic rings. The standard InChI is InChI=1S/C11H16N2/c12-11(6-7-11)5-1-2-10-3-8-13-9-4-10/h3-4,8-9H,1-2,5-7,12H2. The summed E-state index contributed by atoms with van der Waals surface area (Å²) < 4.78 is 0. The van der Waals surface area contributed by atoms with Crippen molar-refractivity contribution in [1.29, 1.82) is 0 Å². The lowest BCUT2D eigenvalue weighted by molar-refractivity contribution is 0.576. The van der Waals surface area contributed by atoms with Crippen LogP contribution in [-0.2, 0) is 6.42 Å². The predicted octanol–water partition coefficient (Wildman–Crippen LogP) is 1.90. The fourth-order valence-corrected chi connectivity index (χ4v) is 1.60. The topological polar surface area (TPSA) is 38.9 Å². The van der Waals surface area contributed by atoms with Gasteiger partial charge in [0, 0.05) is 17.9 Å². The van der Waals surface area contributed by atoms with Crippen LogP contribution >= 0.6 is 0 Å². The molecule has 1 aromatic heterocycles. The quantitative estimate of drug-likeness (QED) is 0.761. The molecule has 0 radical (unpaired) electrons. The Bertz CT molecular complexity index is 265. The van der Waals surface area contributed by atoms with Crippen LogP contribution in [0.1, 0.15) is 31.2 Å². The second-order valence-corrected chi connectivity index (χ2v) is 4.07. The molecule has 2 nitrogen and oxygen atoms in total. The first-order chi connectivity index (χ1) is 6.29. The zero-order valence-corrected chi connectivity index (χ0v) is 7.87. The van der Waals surface area contributed by atoms with Gasteiger partial charge in [0.1, 0.15) is 0 Å². The monoisotopic (exact) mass is 176 g/mol. The molecule has 1 heterocycles. The van der Waals surface area contributed by atoms with Gasteiger partial charge in [-0.3, -0.25) is 4.98 Å². The molecule has 0 amide bonds. The number of nitrogens with two attached hydrogens (primary N) is 1. The molecule has 0 aliphatic heterocycles. The number of rotatable bonds is 4. The predicted molar refractivity (Wildman–Crippen MR) is 53.3 cm³/mol. The van der Waals surface area contributed by atoms with Crippen molar-refractivity contribution in [3.8, 4) is 0 Å². The maximum absolute atomic E-state index is 6.00. The van der Waals surface area contributed by atoms with Gasteiger partial charge in [0.25, 0.3) is 0 Å². The first-order valence-corrected chi connectivity index (χ1v) is 4.96. The van der Waals surface area contributed by atoms with E-state index < -0.39 is 0 Å². The van der Waals surface area contributed by atoms with E-state index in [1.54, 1.807) is 0 Å². The maximum atomic E-state index is 6.00. The zero-order chi connectivity index (χ0) is 9.15. The largest absolute Gasteiger partial charge is 0.325 e. The van der Waals surface area contributed by atoms with E-state index in [2.05, 4.69) is 17.1 Å². The molecule has 1 fully saturated rings. The van der Waals surface area contributed by atoms with E-state index >= 15 is 0 Å². The number of hydrogen-bond acceptors (Lipinski definition) is 2. The maximum Gasteiger partial charge on any atom is 0.0270 e. The molecule has 1 aromatic rings. The van der Waals surface area contributed by atoms with Crippen LogP contribution in [0, 0.1) is 0 Å². The van der Waals surface area contributed by atoms with E-state index in [1.807, 2.05) is 12.4 Å². The van der Waals surface area contributed by atoms with Crippen LogP contribution < -0.4 is 5.73 Å². The first kappa shape index (κ1) is 8.70. The third-order valence-electron chi connectivity index (χ3n) is 2.78. The van der Waals surface area contributed by atoms with E-state index in [0.29, 0.717) is 0 Å². The number of aryl methyl sites for hydroxylation is 1. The van der Waals surface area contributed by atoms with Gasteiger partial charge in [-0.1, -0.05) is 0 Å². The molecule has 0 atom stereocenters. The molecule has 2 rings (SSSR count). The lowest BCUT2D eigenvalue weighted by Gasteiger charge is -2.07. The summed E-state index contributed by atoms with van der Waals surface area (Å²) in [7, 11) is 0. The Hall–Kier alpha value is -0.890. The average Bonchev–Trinajstić information content (AvgIpc) is 2.86. The summed E-state index contributed by atoms with van der Waals surface area (Å²) in [6, 6.07) is 4.16. The molecular formula is C11H16N2. The Labute approximate surface area is 79.2 Å². The van der Waals surface area contributed by atoms with Crippen molar-refractivity contribution in [2.75, 3.05) is 0 Å². The lowest BCUT2D eigenvalue weighted by Crippen LogP contribution is -2.21. The summed E-state index contributed by atoms with van der Waals surface area (Å²) in [5.74, 6) is 0. The zero-order valence-electron chi connectivity index (χ0n) is 7.87. The molecular weight excluding hydrogens is 160 g/mol. The van der Waals surface area contributed by atoms with Crippen LogP contribution in [0.2, 0.25) is 0 Å².